The van der Waals surface area contributed by atoms with Crippen LogP contribution in [-0.2, 0) is 9.53 Å². The van der Waals surface area contributed by atoms with Crippen molar-refractivity contribution in [1.82, 2.24) is 5.32 Å². The highest BCUT2D eigenvalue weighted by molar-refractivity contribution is 5.95. The van der Waals surface area contributed by atoms with Crippen LogP contribution < -0.4 is 10.6 Å². The van der Waals surface area contributed by atoms with Crippen molar-refractivity contribution in [3.8, 4) is 0 Å². The minimum Gasteiger partial charge on any atom is -0.376 e. The molecule has 0 bridgehead atoms. The van der Waals surface area contributed by atoms with E-state index in [0.29, 0.717) is 17.8 Å². The number of ether oxygens (including phenoxy) is 1. The maximum atomic E-state index is 11.9. The van der Waals surface area contributed by atoms with Crippen LogP contribution in [0.3, 0.4) is 0 Å². The zero-order valence-electron chi connectivity index (χ0n) is 10.9. The van der Waals surface area contributed by atoms with Gasteiger partial charge in [0.05, 0.1) is 6.10 Å². The number of rotatable bonds is 4. The predicted molar refractivity (Wildman–Crippen MR) is 72.1 cm³/mol. The van der Waals surface area contributed by atoms with Gasteiger partial charge in [0.1, 0.15) is 0 Å². The lowest BCUT2D eigenvalue weighted by Crippen LogP contribution is -2.31. The van der Waals surface area contributed by atoms with Gasteiger partial charge >= 0.3 is 0 Å². The largest absolute Gasteiger partial charge is 0.376 e. The highest BCUT2D eigenvalue weighted by atomic mass is 16.5. The summed E-state index contributed by atoms with van der Waals surface area (Å²) >= 11 is 0. The quantitative estimate of drug-likeness (QED) is 0.865. The fraction of sp³-hybridized carbons (Fsp3) is 0.429. The van der Waals surface area contributed by atoms with Crippen LogP contribution in [0.25, 0.3) is 0 Å². The van der Waals surface area contributed by atoms with Crippen LogP contribution in [0.2, 0.25) is 0 Å². The Bertz CT molecular complexity index is 450. The zero-order valence-corrected chi connectivity index (χ0v) is 10.9. The van der Waals surface area contributed by atoms with E-state index in [2.05, 4.69) is 10.6 Å². The molecule has 5 nitrogen and oxygen atoms in total. The molecule has 0 radical (unpaired) electrons. The van der Waals surface area contributed by atoms with Crippen LogP contribution in [0, 0.1) is 0 Å². The lowest BCUT2D eigenvalue weighted by molar-refractivity contribution is -0.114. The van der Waals surface area contributed by atoms with Crippen molar-refractivity contribution in [2.24, 2.45) is 0 Å². The van der Waals surface area contributed by atoms with E-state index < -0.39 is 0 Å². The van der Waals surface area contributed by atoms with Gasteiger partial charge in [-0.3, -0.25) is 9.59 Å². The number of nitrogens with one attached hydrogen (secondary N) is 2. The predicted octanol–water partition coefficient (Wildman–Crippen LogP) is 1.55. The SMILES string of the molecule is CC(=O)Nc1ccc(C(=O)NCC2CCCO2)cc1. The first kappa shape index (κ1) is 13.5. The summed E-state index contributed by atoms with van der Waals surface area (Å²) < 4.78 is 5.44. The maximum absolute atomic E-state index is 11.9. The van der Waals surface area contributed by atoms with Gasteiger partial charge in [0, 0.05) is 31.3 Å². The van der Waals surface area contributed by atoms with Crippen molar-refractivity contribution in [3.05, 3.63) is 29.8 Å². The minimum atomic E-state index is -0.129. The van der Waals surface area contributed by atoms with Crippen molar-refractivity contribution < 1.29 is 14.3 Å². The first-order chi connectivity index (χ1) is 9.15. The van der Waals surface area contributed by atoms with Crippen molar-refractivity contribution in [1.29, 1.82) is 0 Å². The number of carbonyl (C=O) groups excluding carboxylic acids is 2. The van der Waals surface area contributed by atoms with Crippen LogP contribution in [0.5, 0.6) is 0 Å². The Labute approximate surface area is 112 Å². The van der Waals surface area contributed by atoms with E-state index in [1.165, 1.54) is 6.92 Å². The third kappa shape index (κ3) is 4.06. The summed E-state index contributed by atoms with van der Waals surface area (Å²) in [5.41, 5.74) is 1.26. The van der Waals surface area contributed by atoms with E-state index in [1.54, 1.807) is 24.3 Å². The zero-order chi connectivity index (χ0) is 13.7. The molecule has 1 saturated heterocycles. The van der Waals surface area contributed by atoms with Crippen LogP contribution in [0.4, 0.5) is 5.69 Å². The lowest BCUT2D eigenvalue weighted by atomic mass is 10.2. The van der Waals surface area contributed by atoms with Crippen LogP contribution in [0.1, 0.15) is 30.1 Å². The second kappa shape index (κ2) is 6.33. The number of amides is 2. The first-order valence-corrected chi connectivity index (χ1v) is 6.42. The second-order valence-electron chi connectivity index (χ2n) is 4.60. The van der Waals surface area contributed by atoms with E-state index in [-0.39, 0.29) is 17.9 Å². The molecule has 1 fully saturated rings. The molecule has 1 unspecified atom stereocenters. The van der Waals surface area contributed by atoms with Gasteiger partial charge in [0.25, 0.3) is 5.91 Å². The molecule has 0 spiro atoms. The van der Waals surface area contributed by atoms with E-state index >= 15 is 0 Å². The van der Waals surface area contributed by atoms with Crippen LogP contribution >= 0.6 is 0 Å². The molecule has 19 heavy (non-hydrogen) atoms. The highest BCUT2D eigenvalue weighted by Gasteiger charge is 2.16. The smallest absolute Gasteiger partial charge is 0.251 e. The Morgan fingerprint density at radius 3 is 2.63 bits per heavy atom. The van der Waals surface area contributed by atoms with E-state index in [1.807, 2.05) is 0 Å². The first-order valence-electron chi connectivity index (χ1n) is 6.42. The molecular formula is C14H18N2O3. The van der Waals surface area contributed by atoms with Crippen LogP contribution in [0.15, 0.2) is 24.3 Å². The van der Waals surface area contributed by atoms with E-state index in [4.69, 9.17) is 4.74 Å². The molecule has 0 aromatic heterocycles. The molecule has 0 aliphatic carbocycles. The Balaban J connectivity index is 1.86. The summed E-state index contributed by atoms with van der Waals surface area (Å²) in [4.78, 5) is 22.8. The fourth-order valence-electron chi connectivity index (χ4n) is 2.02. The summed E-state index contributed by atoms with van der Waals surface area (Å²) in [6, 6.07) is 6.80. The van der Waals surface area contributed by atoms with E-state index in [0.717, 1.165) is 19.4 Å². The standard InChI is InChI=1S/C14H18N2O3/c1-10(17)16-12-6-4-11(5-7-12)14(18)15-9-13-3-2-8-19-13/h4-7,13H,2-3,8-9H2,1H3,(H,15,18)(H,16,17). The summed E-state index contributed by atoms with van der Waals surface area (Å²) in [7, 11) is 0. The number of hydrogen-bond acceptors (Lipinski definition) is 3. The van der Waals surface area contributed by atoms with Crippen molar-refractivity contribution in [3.63, 3.8) is 0 Å². The van der Waals surface area contributed by atoms with Gasteiger partial charge in [-0.05, 0) is 37.1 Å². The molecule has 5 heteroatoms. The molecule has 1 aliphatic heterocycles. The molecule has 1 heterocycles. The maximum Gasteiger partial charge on any atom is 0.251 e. The van der Waals surface area contributed by atoms with Gasteiger partial charge in [-0.25, -0.2) is 0 Å². The number of benzene rings is 1. The average Bonchev–Trinajstić information content (AvgIpc) is 2.89. The molecule has 102 valence electrons. The number of hydrogen-bond donors (Lipinski definition) is 2. The number of carbonyl (C=O) groups is 2. The Morgan fingerprint density at radius 2 is 2.05 bits per heavy atom. The number of anilines is 1. The molecule has 1 aromatic rings. The third-order valence-corrected chi connectivity index (χ3v) is 2.98. The Kier molecular flexibility index (Phi) is 4.52. The molecule has 1 atom stereocenters. The van der Waals surface area contributed by atoms with Gasteiger partial charge < -0.3 is 15.4 Å². The topological polar surface area (TPSA) is 67.4 Å². The van der Waals surface area contributed by atoms with Crippen molar-refractivity contribution in [2.75, 3.05) is 18.5 Å². The summed E-state index contributed by atoms with van der Waals surface area (Å²) in [5, 5.41) is 5.51. The molecule has 1 aliphatic rings. The van der Waals surface area contributed by atoms with Gasteiger partial charge in [-0.2, -0.15) is 0 Å². The molecule has 2 rings (SSSR count). The summed E-state index contributed by atoms with van der Waals surface area (Å²) in [6.07, 6.45) is 2.20. The molecular weight excluding hydrogens is 244 g/mol. The molecule has 2 amide bonds. The van der Waals surface area contributed by atoms with Crippen LogP contribution in [-0.4, -0.2) is 31.1 Å². The molecule has 2 N–H and O–H groups in total. The molecule has 0 saturated carbocycles. The average molecular weight is 262 g/mol. The summed E-state index contributed by atoms with van der Waals surface area (Å²) in [5.74, 6) is -0.250. The van der Waals surface area contributed by atoms with E-state index in [9.17, 15) is 9.59 Å². The van der Waals surface area contributed by atoms with Crippen molar-refractivity contribution in [2.45, 2.75) is 25.9 Å². The Morgan fingerprint density at radius 1 is 1.32 bits per heavy atom. The van der Waals surface area contributed by atoms with Gasteiger partial charge in [0.2, 0.25) is 5.91 Å². The second-order valence-corrected chi connectivity index (χ2v) is 4.60. The van der Waals surface area contributed by atoms with Gasteiger partial charge in [-0.1, -0.05) is 0 Å². The minimum absolute atomic E-state index is 0.120. The van der Waals surface area contributed by atoms with Crippen molar-refractivity contribution >= 4 is 17.5 Å². The highest BCUT2D eigenvalue weighted by Crippen LogP contribution is 2.12. The summed E-state index contributed by atoms with van der Waals surface area (Å²) in [6.45, 7) is 2.78. The fourth-order valence-corrected chi connectivity index (χ4v) is 2.02. The Hall–Kier alpha value is -1.88. The third-order valence-electron chi connectivity index (χ3n) is 2.98. The monoisotopic (exact) mass is 262 g/mol. The molecule has 1 aromatic carbocycles. The normalized spacial score (nSPS) is 18.1. The lowest BCUT2D eigenvalue weighted by Gasteiger charge is -2.11. The van der Waals surface area contributed by atoms with Gasteiger partial charge in [-0.15, -0.1) is 0 Å². The van der Waals surface area contributed by atoms with Gasteiger partial charge in [0.15, 0.2) is 0 Å².